The van der Waals surface area contributed by atoms with Gasteiger partial charge in [-0.3, -0.25) is 9.59 Å². The predicted octanol–water partition coefficient (Wildman–Crippen LogP) is 4.06. The normalized spacial score (nSPS) is 17.7. The van der Waals surface area contributed by atoms with Crippen LogP contribution in [-0.4, -0.2) is 44.9 Å². The number of hydrogen-bond donors (Lipinski definition) is 1. The van der Waals surface area contributed by atoms with E-state index in [-0.39, 0.29) is 11.3 Å². The molecule has 1 aromatic heterocycles. The monoisotopic (exact) mass is 451 g/mol. The van der Waals surface area contributed by atoms with Crippen molar-refractivity contribution >= 4 is 29.1 Å². The Bertz CT molecular complexity index is 1140. The van der Waals surface area contributed by atoms with Gasteiger partial charge in [-0.2, -0.15) is 0 Å². The molecule has 7 nitrogen and oxygen atoms in total. The van der Waals surface area contributed by atoms with Gasteiger partial charge in [-0.05, 0) is 48.4 Å². The van der Waals surface area contributed by atoms with Crippen molar-refractivity contribution in [1.82, 2.24) is 14.5 Å². The van der Waals surface area contributed by atoms with E-state index in [1.165, 1.54) is 4.90 Å². The molecule has 1 fully saturated rings. The van der Waals surface area contributed by atoms with Crippen molar-refractivity contribution < 1.29 is 19.4 Å². The highest BCUT2D eigenvalue weighted by molar-refractivity contribution is 6.46. The minimum atomic E-state index is -0.709. The number of hydrogen-bond acceptors (Lipinski definition) is 5. The maximum atomic E-state index is 13.0. The summed E-state index contributed by atoms with van der Waals surface area (Å²) in [5.74, 6) is -0.908. The number of amides is 1. The third kappa shape index (κ3) is 4.24. The van der Waals surface area contributed by atoms with Crippen LogP contribution in [0.25, 0.3) is 5.76 Å². The van der Waals surface area contributed by atoms with Crippen molar-refractivity contribution in [2.45, 2.75) is 19.0 Å². The number of rotatable bonds is 7. The first kappa shape index (κ1) is 21.6. The third-order valence-corrected chi connectivity index (χ3v) is 5.72. The number of halogens is 1. The van der Waals surface area contributed by atoms with Crippen molar-refractivity contribution in [2.24, 2.45) is 0 Å². The SMILES string of the molecule is COc1ccc([C@H]2C(=C(O)c3ccc(Cl)cc3)C(=O)C(=O)N2CCCn2ccnc2)cc1. The summed E-state index contributed by atoms with van der Waals surface area (Å²) in [5.41, 5.74) is 1.19. The molecular weight excluding hydrogens is 430 g/mol. The molecule has 3 aromatic rings. The molecule has 0 unspecified atom stereocenters. The fourth-order valence-corrected chi connectivity index (χ4v) is 3.98. The van der Waals surface area contributed by atoms with Crippen LogP contribution in [0.5, 0.6) is 5.75 Å². The van der Waals surface area contributed by atoms with Gasteiger partial charge in [0, 0.05) is 36.1 Å². The standard InChI is InChI=1S/C24H22ClN3O4/c1-32-19-9-5-16(6-10-19)21-20(22(29)17-3-7-18(25)8-4-17)23(30)24(31)28(21)13-2-12-27-14-11-26-15-27/h3-11,14-15,21,29H,2,12-13H2,1H3/t21-/m0/s1. The highest BCUT2D eigenvalue weighted by Gasteiger charge is 2.45. The number of carbonyl (C=O) groups is 2. The van der Waals surface area contributed by atoms with Gasteiger partial charge in [0.25, 0.3) is 11.7 Å². The van der Waals surface area contributed by atoms with Crippen LogP contribution in [0.3, 0.4) is 0 Å². The molecule has 8 heteroatoms. The van der Waals surface area contributed by atoms with E-state index < -0.39 is 17.7 Å². The molecule has 1 amide bonds. The second kappa shape index (κ2) is 9.28. The van der Waals surface area contributed by atoms with Gasteiger partial charge in [0.2, 0.25) is 0 Å². The lowest BCUT2D eigenvalue weighted by Crippen LogP contribution is -2.31. The van der Waals surface area contributed by atoms with Gasteiger partial charge in [0.1, 0.15) is 11.5 Å². The number of aryl methyl sites for hydroxylation is 1. The zero-order valence-corrected chi connectivity index (χ0v) is 18.2. The Morgan fingerprint density at radius 1 is 1.09 bits per heavy atom. The molecule has 2 aromatic carbocycles. The number of Topliss-reactive ketones (excluding diaryl/α,β-unsaturated/α-hetero) is 1. The smallest absolute Gasteiger partial charge is 0.295 e. The van der Waals surface area contributed by atoms with Gasteiger partial charge in [0.15, 0.2) is 0 Å². The first-order valence-corrected chi connectivity index (χ1v) is 10.5. The second-order valence-electron chi connectivity index (χ2n) is 7.43. The average molecular weight is 452 g/mol. The van der Waals surface area contributed by atoms with Crippen LogP contribution in [0, 0.1) is 0 Å². The number of nitrogens with zero attached hydrogens (tertiary/aromatic N) is 3. The fraction of sp³-hybridized carbons (Fsp3) is 0.208. The number of likely N-dealkylation sites (tertiary alicyclic amines) is 1. The quantitative estimate of drug-likeness (QED) is 0.332. The van der Waals surface area contributed by atoms with Crippen LogP contribution >= 0.6 is 11.6 Å². The van der Waals surface area contributed by atoms with E-state index in [1.54, 1.807) is 68.2 Å². The van der Waals surface area contributed by atoms with E-state index in [1.807, 2.05) is 10.8 Å². The molecule has 4 rings (SSSR count). The molecule has 0 radical (unpaired) electrons. The predicted molar refractivity (Wildman–Crippen MR) is 120 cm³/mol. The highest BCUT2D eigenvalue weighted by Crippen LogP contribution is 2.40. The molecule has 1 atom stereocenters. The number of ketones is 1. The summed E-state index contributed by atoms with van der Waals surface area (Å²) in [6, 6.07) is 12.9. The Labute approximate surface area is 190 Å². The van der Waals surface area contributed by atoms with Crippen LogP contribution in [0.4, 0.5) is 0 Å². The minimum absolute atomic E-state index is 0.0603. The molecule has 0 aliphatic carbocycles. The van der Waals surface area contributed by atoms with Crippen LogP contribution in [0.15, 0.2) is 72.8 Å². The van der Waals surface area contributed by atoms with Crippen LogP contribution in [0.2, 0.25) is 5.02 Å². The van der Waals surface area contributed by atoms with Crippen LogP contribution in [0.1, 0.15) is 23.6 Å². The topological polar surface area (TPSA) is 84.7 Å². The number of benzene rings is 2. The zero-order chi connectivity index (χ0) is 22.7. The Balaban J connectivity index is 1.72. The lowest BCUT2D eigenvalue weighted by atomic mass is 9.95. The molecule has 0 saturated carbocycles. The van der Waals surface area contributed by atoms with Crippen molar-refractivity contribution in [3.05, 3.63) is 89.0 Å². The molecule has 164 valence electrons. The van der Waals surface area contributed by atoms with E-state index >= 15 is 0 Å². The second-order valence-corrected chi connectivity index (χ2v) is 7.86. The van der Waals surface area contributed by atoms with Crippen molar-refractivity contribution in [2.75, 3.05) is 13.7 Å². The number of aliphatic hydroxyl groups excluding tert-OH is 1. The Kier molecular flexibility index (Phi) is 6.28. The summed E-state index contributed by atoms with van der Waals surface area (Å²) >= 11 is 5.96. The molecule has 1 aliphatic heterocycles. The Morgan fingerprint density at radius 3 is 2.44 bits per heavy atom. The number of ether oxygens (including phenoxy) is 1. The van der Waals surface area contributed by atoms with Crippen LogP contribution < -0.4 is 4.74 Å². The first-order valence-electron chi connectivity index (χ1n) is 10.1. The maximum Gasteiger partial charge on any atom is 0.295 e. The molecule has 32 heavy (non-hydrogen) atoms. The van der Waals surface area contributed by atoms with E-state index in [4.69, 9.17) is 16.3 Å². The summed E-state index contributed by atoms with van der Waals surface area (Å²) in [4.78, 5) is 31.5. The molecular formula is C24H22ClN3O4. The summed E-state index contributed by atoms with van der Waals surface area (Å²) in [6.07, 6.45) is 5.86. The van der Waals surface area contributed by atoms with E-state index in [2.05, 4.69) is 4.98 Å². The van der Waals surface area contributed by atoms with Gasteiger partial charge in [-0.1, -0.05) is 23.7 Å². The molecule has 1 N–H and O–H groups in total. The maximum absolute atomic E-state index is 13.0. The summed E-state index contributed by atoms with van der Waals surface area (Å²) in [7, 11) is 1.57. The molecule has 0 spiro atoms. The molecule has 0 bridgehead atoms. The summed E-state index contributed by atoms with van der Waals surface area (Å²) in [6.45, 7) is 0.992. The van der Waals surface area contributed by atoms with Gasteiger partial charge in [-0.15, -0.1) is 0 Å². The van der Waals surface area contributed by atoms with E-state index in [0.717, 1.165) is 0 Å². The Morgan fingerprint density at radius 2 is 1.81 bits per heavy atom. The van der Waals surface area contributed by atoms with Crippen LogP contribution in [-0.2, 0) is 16.1 Å². The van der Waals surface area contributed by atoms with E-state index in [9.17, 15) is 14.7 Å². The number of imidazole rings is 1. The largest absolute Gasteiger partial charge is 0.507 e. The van der Waals surface area contributed by atoms with Gasteiger partial charge in [-0.25, -0.2) is 4.98 Å². The summed E-state index contributed by atoms with van der Waals surface area (Å²) in [5, 5.41) is 11.5. The lowest BCUT2D eigenvalue weighted by Gasteiger charge is -2.25. The van der Waals surface area contributed by atoms with Crippen molar-refractivity contribution in [1.29, 1.82) is 0 Å². The molecule has 1 saturated heterocycles. The van der Waals surface area contributed by atoms with Gasteiger partial charge < -0.3 is 19.3 Å². The third-order valence-electron chi connectivity index (χ3n) is 5.46. The average Bonchev–Trinajstić information content (AvgIpc) is 3.41. The number of methoxy groups -OCH3 is 1. The number of carbonyl (C=O) groups excluding carboxylic acids is 2. The zero-order valence-electron chi connectivity index (χ0n) is 17.4. The fourth-order valence-electron chi connectivity index (χ4n) is 3.85. The molecule has 2 heterocycles. The van der Waals surface area contributed by atoms with Gasteiger partial charge in [0.05, 0.1) is 25.1 Å². The lowest BCUT2D eigenvalue weighted by molar-refractivity contribution is -0.139. The Hall–Kier alpha value is -3.58. The van der Waals surface area contributed by atoms with E-state index in [0.29, 0.717) is 41.4 Å². The van der Waals surface area contributed by atoms with Gasteiger partial charge >= 0.3 is 0 Å². The van der Waals surface area contributed by atoms with Crippen molar-refractivity contribution in [3.63, 3.8) is 0 Å². The number of aromatic nitrogens is 2. The summed E-state index contributed by atoms with van der Waals surface area (Å²) < 4.78 is 7.14. The molecule has 1 aliphatic rings. The first-order chi connectivity index (χ1) is 15.5. The minimum Gasteiger partial charge on any atom is -0.507 e. The van der Waals surface area contributed by atoms with Crippen molar-refractivity contribution in [3.8, 4) is 5.75 Å². The highest BCUT2D eigenvalue weighted by atomic mass is 35.5. The number of aliphatic hydroxyl groups is 1.